The van der Waals surface area contributed by atoms with Crippen LogP contribution >= 0.6 is 0 Å². The van der Waals surface area contributed by atoms with Gasteiger partial charge in [-0.05, 0) is 12.0 Å². The van der Waals surface area contributed by atoms with Gasteiger partial charge >= 0.3 is 0 Å². The first-order chi connectivity index (χ1) is 9.05. The maximum atomic E-state index is 11.9. The van der Waals surface area contributed by atoms with Crippen molar-refractivity contribution < 1.29 is 8.42 Å². The molecule has 1 N–H and O–H groups in total. The van der Waals surface area contributed by atoms with Gasteiger partial charge in [-0.1, -0.05) is 30.3 Å². The number of rotatable bonds is 2. The van der Waals surface area contributed by atoms with Crippen LogP contribution in [-0.2, 0) is 9.84 Å². The van der Waals surface area contributed by atoms with Crippen molar-refractivity contribution >= 4 is 9.84 Å². The Balaban J connectivity index is 1.97. The number of hydrogen-bond donors (Lipinski definition) is 1. The highest BCUT2D eigenvalue weighted by Gasteiger charge is 2.30. The second-order valence-electron chi connectivity index (χ2n) is 4.80. The highest BCUT2D eigenvalue weighted by molar-refractivity contribution is 7.91. The Morgan fingerprint density at radius 1 is 1.21 bits per heavy atom. The molecule has 0 bridgehead atoms. The number of H-pyrrole nitrogens is 1. The summed E-state index contributed by atoms with van der Waals surface area (Å²) in [5.41, 5.74) is 1.45. The van der Waals surface area contributed by atoms with E-state index in [1.807, 2.05) is 30.3 Å². The standard InChI is InChI=1S/C13H14N2O3S/c16-13-8-12(10-4-2-1-3-5-10)14-15(13)11-6-7-19(17,18)9-11/h1-5,8,11,14H,6-7,9H2. The van der Waals surface area contributed by atoms with Gasteiger partial charge in [0.15, 0.2) is 9.84 Å². The van der Waals surface area contributed by atoms with Crippen LogP contribution < -0.4 is 5.56 Å². The Morgan fingerprint density at radius 2 is 1.95 bits per heavy atom. The van der Waals surface area contributed by atoms with E-state index in [1.54, 1.807) is 0 Å². The van der Waals surface area contributed by atoms with Gasteiger partial charge < -0.3 is 0 Å². The quantitative estimate of drug-likeness (QED) is 0.897. The zero-order chi connectivity index (χ0) is 13.5. The fourth-order valence-electron chi connectivity index (χ4n) is 2.43. The number of aromatic amines is 1. The minimum Gasteiger partial charge on any atom is -0.295 e. The first kappa shape index (κ1) is 12.2. The number of aromatic nitrogens is 2. The highest BCUT2D eigenvalue weighted by atomic mass is 32.2. The van der Waals surface area contributed by atoms with Crippen LogP contribution in [0.1, 0.15) is 12.5 Å². The van der Waals surface area contributed by atoms with E-state index in [2.05, 4.69) is 5.10 Å². The molecule has 6 heteroatoms. The molecular formula is C13H14N2O3S. The Labute approximate surface area is 110 Å². The number of benzene rings is 1. The lowest BCUT2D eigenvalue weighted by Crippen LogP contribution is -2.22. The third kappa shape index (κ3) is 2.35. The van der Waals surface area contributed by atoms with Gasteiger partial charge in [0.05, 0.1) is 23.2 Å². The predicted molar refractivity (Wildman–Crippen MR) is 72.8 cm³/mol. The van der Waals surface area contributed by atoms with Crippen LogP contribution in [0.5, 0.6) is 0 Å². The molecule has 1 atom stereocenters. The third-order valence-corrected chi connectivity index (χ3v) is 5.15. The van der Waals surface area contributed by atoms with E-state index in [1.165, 1.54) is 10.7 Å². The highest BCUT2D eigenvalue weighted by Crippen LogP contribution is 2.23. The van der Waals surface area contributed by atoms with Crippen LogP contribution in [0.4, 0.5) is 0 Å². The molecule has 1 aliphatic heterocycles. The van der Waals surface area contributed by atoms with Gasteiger partial charge in [0.1, 0.15) is 0 Å². The summed E-state index contributed by atoms with van der Waals surface area (Å²) in [5, 5.41) is 3.02. The molecule has 2 aromatic rings. The molecule has 1 aromatic carbocycles. The van der Waals surface area contributed by atoms with Gasteiger partial charge in [-0.15, -0.1) is 0 Å². The molecule has 1 aromatic heterocycles. The molecule has 0 aliphatic carbocycles. The summed E-state index contributed by atoms with van der Waals surface area (Å²) in [7, 11) is -3.00. The van der Waals surface area contributed by atoms with Crippen molar-refractivity contribution in [3.05, 3.63) is 46.8 Å². The summed E-state index contributed by atoms with van der Waals surface area (Å²) in [6.07, 6.45) is 0.497. The SMILES string of the molecule is O=c1cc(-c2ccccc2)[nH]n1C1CCS(=O)(=O)C1. The summed E-state index contributed by atoms with van der Waals surface area (Å²) >= 11 is 0. The molecule has 0 amide bonds. The predicted octanol–water partition coefficient (Wildman–Crippen LogP) is 1.20. The molecule has 3 rings (SSSR count). The van der Waals surface area contributed by atoms with Crippen molar-refractivity contribution in [2.24, 2.45) is 0 Å². The number of sulfone groups is 1. The smallest absolute Gasteiger partial charge is 0.267 e. The first-order valence-corrected chi connectivity index (χ1v) is 7.95. The molecular weight excluding hydrogens is 264 g/mol. The summed E-state index contributed by atoms with van der Waals surface area (Å²) in [6.45, 7) is 0. The number of hydrogen-bond acceptors (Lipinski definition) is 3. The molecule has 2 heterocycles. The Bertz CT molecular complexity index is 744. The molecule has 0 saturated carbocycles. The van der Waals surface area contributed by atoms with Crippen molar-refractivity contribution in [3.8, 4) is 11.3 Å². The molecule has 1 saturated heterocycles. The Hall–Kier alpha value is -1.82. The van der Waals surface area contributed by atoms with Crippen molar-refractivity contribution in [1.82, 2.24) is 9.78 Å². The maximum absolute atomic E-state index is 11.9. The van der Waals surface area contributed by atoms with Gasteiger partial charge in [0.2, 0.25) is 0 Å². The second-order valence-corrected chi connectivity index (χ2v) is 7.03. The number of nitrogens with zero attached hydrogens (tertiary/aromatic N) is 1. The lowest BCUT2D eigenvalue weighted by atomic mass is 10.2. The summed E-state index contributed by atoms with van der Waals surface area (Å²) < 4.78 is 24.4. The van der Waals surface area contributed by atoms with E-state index in [0.717, 1.165) is 11.3 Å². The summed E-state index contributed by atoms with van der Waals surface area (Å²) in [4.78, 5) is 11.9. The van der Waals surface area contributed by atoms with Crippen LogP contribution in [0.15, 0.2) is 41.2 Å². The summed E-state index contributed by atoms with van der Waals surface area (Å²) in [6, 6.07) is 10.7. The largest absolute Gasteiger partial charge is 0.295 e. The van der Waals surface area contributed by atoms with Gasteiger partial charge in [0, 0.05) is 6.07 Å². The monoisotopic (exact) mass is 278 g/mol. The van der Waals surface area contributed by atoms with E-state index in [0.29, 0.717) is 6.42 Å². The van der Waals surface area contributed by atoms with Gasteiger partial charge in [-0.3, -0.25) is 9.89 Å². The summed E-state index contributed by atoms with van der Waals surface area (Å²) in [5.74, 6) is 0.200. The molecule has 5 nitrogen and oxygen atoms in total. The van der Waals surface area contributed by atoms with Crippen LogP contribution in [-0.4, -0.2) is 29.7 Å². The molecule has 0 spiro atoms. The molecule has 0 radical (unpaired) electrons. The van der Waals surface area contributed by atoms with E-state index in [-0.39, 0.29) is 23.1 Å². The molecule has 100 valence electrons. The van der Waals surface area contributed by atoms with Crippen molar-refractivity contribution in [2.45, 2.75) is 12.5 Å². The molecule has 19 heavy (non-hydrogen) atoms. The molecule has 1 unspecified atom stereocenters. The first-order valence-electron chi connectivity index (χ1n) is 6.12. The Morgan fingerprint density at radius 3 is 2.58 bits per heavy atom. The zero-order valence-corrected chi connectivity index (χ0v) is 11.1. The Kier molecular flexibility index (Phi) is 2.82. The van der Waals surface area contributed by atoms with E-state index in [9.17, 15) is 13.2 Å². The van der Waals surface area contributed by atoms with Crippen LogP contribution in [0.25, 0.3) is 11.3 Å². The lowest BCUT2D eigenvalue weighted by Gasteiger charge is -2.08. The fraction of sp³-hybridized carbons (Fsp3) is 0.308. The van der Waals surface area contributed by atoms with Crippen LogP contribution in [0.2, 0.25) is 0 Å². The van der Waals surface area contributed by atoms with Crippen molar-refractivity contribution in [2.75, 3.05) is 11.5 Å². The second kappa shape index (κ2) is 4.38. The van der Waals surface area contributed by atoms with Crippen LogP contribution in [0, 0.1) is 0 Å². The van der Waals surface area contributed by atoms with Gasteiger partial charge in [0.25, 0.3) is 5.56 Å². The van der Waals surface area contributed by atoms with E-state index < -0.39 is 9.84 Å². The number of nitrogens with one attached hydrogen (secondary N) is 1. The average Bonchev–Trinajstić information content (AvgIpc) is 2.93. The average molecular weight is 278 g/mol. The van der Waals surface area contributed by atoms with Crippen molar-refractivity contribution in [1.29, 1.82) is 0 Å². The topological polar surface area (TPSA) is 71.9 Å². The van der Waals surface area contributed by atoms with Gasteiger partial charge in [-0.2, -0.15) is 0 Å². The third-order valence-electron chi connectivity index (χ3n) is 3.40. The van der Waals surface area contributed by atoms with Gasteiger partial charge in [-0.25, -0.2) is 13.1 Å². The van der Waals surface area contributed by atoms with Crippen molar-refractivity contribution in [3.63, 3.8) is 0 Å². The molecule has 1 aliphatic rings. The minimum absolute atomic E-state index is 0.0433. The van der Waals surface area contributed by atoms with E-state index in [4.69, 9.17) is 0 Å². The normalized spacial score (nSPS) is 21.6. The molecule has 1 fully saturated rings. The van der Waals surface area contributed by atoms with E-state index >= 15 is 0 Å². The lowest BCUT2D eigenvalue weighted by molar-refractivity contribution is 0.487. The fourth-order valence-corrected chi connectivity index (χ4v) is 4.13. The maximum Gasteiger partial charge on any atom is 0.267 e. The zero-order valence-electron chi connectivity index (χ0n) is 10.2. The minimum atomic E-state index is -3.00. The van der Waals surface area contributed by atoms with Crippen LogP contribution in [0.3, 0.4) is 0 Å².